The first-order valence-electron chi connectivity index (χ1n) is 9.39. The van der Waals surface area contributed by atoms with Gasteiger partial charge in [-0.2, -0.15) is 5.26 Å². The van der Waals surface area contributed by atoms with Crippen LogP contribution in [-0.4, -0.2) is 40.8 Å². The van der Waals surface area contributed by atoms with Gasteiger partial charge in [0.2, 0.25) is 5.91 Å². The van der Waals surface area contributed by atoms with Gasteiger partial charge in [-0.1, -0.05) is 6.07 Å². The minimum absolute atomic E-state index is 0.0220. The van der Waals surface area contributed by atoms with Crippen molar-refractivity contribution in [1.82, 2.24) is 15.2 Å². The van der Waals surface area contributed by atoms with E-state index >= 15 is 0 Å². The summed E-state index contributed by atoms with van der Waals surface area (Å²) < 4.78 is 0. The van der Waals surface area contributed by atoms with Crippen LogP contribution in [0.1, 0.15) is 48.5 Å². The van der Waals surface area contributed by atoms with Crippen molar-refractivity contribution in [1.29, 1.82) is 5.26 Å². The highest BCUT2D eigenvalue weighted by molar-refractivity contribution is 5.99. The Kier molecular flexibility index (Phi) is 4.31. The Morgan fingerprint density at radius 3 is 2.63 bits per heavy atom. The molecule has 2 heterocycles. The predicted molar refractivity (Wildman–Crippen MR) is 101 cm³/mol. The topological polar surface area (TPSA) is 86.1 Å². The number of carbonyl (C=O) groups excluding carboxylic acids is 2. The third kappa shape index (κ3) is 3.50. The minimum atomic E-state index is -0.567. The average Bonchev–Trinajstić information content (AvgIpc) is 3.45. The molecule has 1 atom stereocenters. The van der Waals surface area contributed by atoms with Gasteiger partial charge in [-0.25, -0.2) is 0 Å². The van der Waals surface area contributed by atoms with Gasteiger partial charge in [0.05, 0.1) is 22.7 Å². The molecular weight excluding hydrogens is 340 g/mol. The number of hydrogen-bond acceptors (Lipinski definition) is 4. The van der Waals surface area contributed by atoms with Gasteiger partial charge in [-0.05, 0) is 56.2 Å². The number of likely N-dealkylation sites (tertiary alicyclic amines) is 1. The van der Waals surface area contributed by atoms with E-state index < -0.39 is 6.04 Å². The molecule has 138 valence electrons. The highest BCUT2D eigenvalue weighted by atomic mass is 16.2. The van der Waals surface area contributed by atoms with Crippen molar-refractivity contribution < 1.29 is 9.59 Å². The Labute approximate surface area is 158 Å². The first kappa shape index (κ1) is 17.5. The molecule has 2 aromatic rings. The van der Waals surface area contributed by atoms with Crippen LogP contribution < -0.4 is 5.32 Å². The number of benzene rings is 1. The minimum Gasteiger partial charge on any atom is -0.341 e. The summed E-state index contributed by atoms with van der Waals surface area (Å²) in [6.07, 6.45) is 6.24. The van der Waals surface area contributed by atoms with Crippen LogP contribution in [0.25, 0.3) is 10.9 Å². The smallest absolute Gasteiger partial charge is 0.253 e. The Morgan fingerprint density at radius 1 is 1.22 bits per heavy atom. The van der Waals surface area contributed by atoms with E-state index in [1.165, 1.54) is 19.0 Å². The molecule has 1 saturated heterocycles. The van der Waals surface area contributed by atoms with Gasteiger partial charge < -0.3 is 10.2 Å². The van der Waals surface area contributed by atoms with E-state index in [1.54, 1.807) is 31.2 Å². The zero-order valence-electron chi connectivity index (χ0n) is 15.4. The first-order chi connectivity index (χ1) is 13.0. The fourth-order valence-corrected chi connectivity index (χ4v) is 3.81. The number of piperidine rings is 1. The van der Waals surface area contributed by atoms with Crippen molar-refractivity contribution in [3.63, 3.8) is 0 Å². The van der Waals surface area contributed by atoms with Crippen LogP contribution in [0, 0.1) is 16.7 Å². The number of carbonyl (C=O) groups is 2. The van der Waals surface area contributed by atoms with Crippen LogP contribution >= 0.6 is 0 Å². The molecule has 2 fully saturated rings. The van der Waals surface area contributed by atoms with E-state index in [0.29, 0.717) is 22.1 Å². The summed E-state index contributed by atoms with van der Waals surface area (Å²) in [6, 6.07) is 8.39. The second kappa shape index (κ2) is 6.66. The standard InChI is InChI=1S/C21H22N4O2/c1-14(20(27)25-8-6-21(4-5-21)7-9-25)24-19(26)17-11-16-3-2-15(12-22)10-18(16)23-13-17/h2-3,10-11,13-14H,4-9H2,1H3,(H,24,26). The van der Waals surface area contributed by atoms with Crippen molar-refractivity contribution in [2.24, 2.45) is 5.41 Å². The number of nitrogens with one attached hydrogen (secondary N) is 1. The summed E-state index contributed by atoms with van der Waals surface area (Å²) in [5, 5.41) is 12.5. The molecule has 4 rings (SSSR count). The highest BCUT2D eigenvalue weighted by Gasteiger charge is 2.45. The molecule has 1 aromatic heterocycles. The molecule has 0 bridgehead atoms. The molecular formula is C21H22N4O2. The largest absolute Gasteiger partial charge is 0.341 e. The summed E-state index contributed by atoms with van der Waals surface area (Å²) in [5.41, 5.74) is 2.12. The molecule has 1 N–H and O–H groups in total. The van der Waals surface area contributed by atoms with Crippen molar-refractivity contribution in [3.05, 3.63) is 41.6 Å². The van der Waals surface area contributed by atoms with E-state index in [1.807, 2.05) is 4.90 Å². The van der Waals surface area contributed by atoms with Crippen molar-refractivity contribution in [2.45, 2.75) is 38.6 Å². The van der Waals surface area contributed by atoms with Crippen LogP contribution in [0.3, 0.4) is 0 Å². The van der Waals surface area contributed by atoms with Gasteiger partial charge in [0.1, 0.15) is 6.04 Å². The molecule has 0 radical (unpaired) electrons. The molecule has 27 heavy (non-hydrogen) atoms. The summed E-state index contributed by atoms with van der Waals surface area (Å²) >= 11 is 0. The number of rotatable bonds is 3. The van der Waals surface area contributed by atoms with E-state index in [0.717, 1.165) is 31.3 Å². The lowest BCUT2D eigenvalue weighted by Gasteiger charge is -2.33. The van der Waals surface area contributed by atoms with Crippen molar-refractivity contribution in [2.75, 3.05) is 13.1 Å². The van der Waals surface area contributed by atoms with E-state index in [2.05, 4.69) is 16.4 Å². The quantitative estimate of drug-likeness (QED) is 0.909. The number of hydrogen-bond donors (Lipinski definition) is 1. The Hall–Kier alpha value is -2.94. The number of amides is 2. The molecule has 1 aliphatic carbocycles. The van der Waals surface area contributed by atoms with Crippen LogP contribution in [0.15, 0.2) is 30.5 Å². The molecule has 1 unspecified atom stereocenters. The fraction of sp³-hybridized carbons (Fsp3) is 0.429. The first-order valence-corrected chi connectivity index (χ1v) is 9.39. The average molecular weight is 362 g/mol. The maximum absolute atomic E-state index is 12.6. The van der Waals surface area contributed by atoms with Gasteiger partial charge in [-0.3, -0.25) is 14.6 Å². The second-order valence-corrected chi connectivity index (χ2v) is 7.76. The second-order valence-electron chi connectivity index (χ2n) is 7.76. The maximum atomic E-state index is 12.6. The lowest BCUT2D eigenvalue weighted by molar-refractivity contribution is -0.134. The lowest BCUT2D eigenvalue weighted by atomic mass is 9.93. The summed E-state index contributed by atoms with van der Waals surface area (Å²) in [7, 11) is 0. The van der Waals surface area contributed by atoms with Gasteiger partial charge in [0.15, 0.2) is 0 Å². The maximum Gasteiger partial charge on any atom is 0.253 e. The number of nitrogens with zero attached hydrogens (tertiary/aromatic N) is 3. The third-order valence-corrected chi connectivity index (χ3v) is 5.89. The molecule has 6 nitrogen and oxygen atoms in total. The molecule has 2 amide bonds. The van der Waals surface area contributed by atoms with Crippen molar-refractivity contribution >= 4 is 22.7 Å². The van der Waals surface area contributed by atoms with Gasteiger partial charge in [-0.15, -0.1) is 0 Å². The summed E-state index contributed by atoms with van der Waals surface area (Å²) in [4.78, 5) is 31.3. The van der Waals surface area contributed by atoms with Crippen LogP contribution in [0.5, 0.6) is 0 Å². The monoisotopic (exact) mass is 362 g/mol. The summed E-state index contributed by atoms with van der Waals surface area (Å²) in [6.45, 7) is 3.31. The van der Waals surface area contributed by atoms with E-state index in [9.17, 15) is 9.59 Å². The molecule has 6 heteroatoms. The third-order valence-electron chi connectivity index (χ3n) is 5.89. The molecule has 1 aliphatic heterocycles. The van der Waals surface area contributed by atoms with Crippen LogP contribution in [0.2, 0.25) is 0 Å². The SMILES string of the molecule is CC(NC(=O)c1cnc2cc(C#N)ccc2c1)C(=O)N1CCC2(CC1)CC2. The van der Waals surface area contributed by atoms with E-state index in [4.69, 9.17) is 5.26 Å². The number of aromatic nitrogens is 1. The molecule has 1 spiro atoms. The highest BCUT2D eigenvalue weighted by Crippen LogP contribution is 2.53. The molecule has 1 aromatic carbocycles. The van der Waals surface area contributed by atoms with Gasteiger partial charge in [0, 0.05) is 24.7 Å². The summed E-state index contributed by atoms with van der Waals surface area (Å²) in [5.74, 6) is -0.337. The zero-order valence-corrected chi connectivity index (χ0v) is 15.4. The Balaban J connectivity index is 1.41. The van der Waals surface area contributed by atoms with Crippen LogP contribution in [-0.2, 0) is 4.79 Å². The molecule has 2 aliphatic rings. The van der Waals surface area contributed by atoms with E-state index in [-0.39, 0.29) is 11.8 Å². The molecule has 1 saturated carbocycles. The van der Waals surface area contributed by atoms with Crippen LogP contribution in [0.4, 0.5) is 0 Å². The van der Waals surface area contributed by atoms with Crippen molar-refractivity contribution in [3.8, 4) is 6.07 Å². The Morgan fingerprint density at radius 2 is 1.96 bits per heavy atom. The number of fused-ring (bicyclic) bond motifs is 1. The van der Waals surface area contributed by atoms with Gasteiger partial charge in [0.25, 0.3) is 5.91 Å². The predicted octanol–water partition coefficient (Wildman–Crippen LogP) is 2.63. The zero-order chi connectivity index (χ0) is 19.0. The number of nitriles is 1. The lowest BCUT2D eigenvalue weighted by Crippen LogP contribution is -2.49. The normalized spacial score (nSPS) is 18.7. The van der Waals surface area contributed by atoms with Gasteiger partial charge >= 0.3 is 0 Å². The fourth-order valence-electron chi connectivity index (χ4n) is 3.81. The number of pyridine rings is 1. The Bertz CT molecular complexity index is 948.